The Balaban J connectivity index is 2.24. The predicted octanol–water partition coefficient (Wildman–Crippen LogP) is 2.83. The quantitative estimate of drug-likeness (QED) is 0.787. The SMILES string of the molecule is NS(=O)(=O)CCCCCOc1cc(Cl)ccc1Cl. The highest BCUT2D eigenvalue weighted by molar-refractivity contribution is 7.89. The van der Waals surface area contributed by atoms with E-state index in [4.69, 9.17) is 33.1 Å². The summed E-state index contributed by atoms with van der Waals surface area (Å²) >= 11 is 11.7. The van der Waals surface area contributed by atoms with Gasteiger partial charge in [0.25, 0.3) is 0 Å². The Morgan fingerprint density at radius 2 is 1.89 bits per heavy atom. The van der Waals surface area contributed by atoms with Crippen LogP contribution in [0.15, 0.2) is 18.2 Å². The summed E-state index contributed by atoms with van der Waals surface area (Å²) < 4.78 is 26.8. The molecule has 102 valence electrons. The van der Waals surface area contributed by atoms with Gasteiger partial charge in [0.1, 0.15) is 5.75 Å². The lowest BCUT2D eigenvalue weighted by molar-refractivity contribution is 0.306. The summed E-state index contributed by atoms with van der Waals surface area (Å²) in [5.74, 6) is 0.542. The number of hydrogen-bond acceptors (Lipinski definition) is 3. The number of unbranched alkanes of at least 4 members (excludes halogenated alkanes) is 2. The fourth-order valence-electron chi connectivity index (χ4n) is 1.35. The molecule has 0 unspecified atom stereocenters. The number of benzene rings is 1. The molecule has 0 aliphatic carbocycles. The first-order chi connectivity index (χ1) is 8.38. The lowest BCUT2D eigenvalue weighted by atomic mass is 10.2. The summed E-state index contributed by atoms with van der Waals surface area (Å²) in [6, 6.07) is 5.00. The highest BCUT2D eigenvalue weighted by Gasteiger charge is 2.04. The highest BCUT2D eigenvalue weighted by atomic mass is 35.5. The van der Waals surface area contributed by atoms with Crippen molar-refractivity contribution in [2.75, 3.05) is 12.4 Å². The van der Waals surface area contributed by atoms with E-state index in [1.54, 1.807) is 18.2 Å². The molecule has 0 saturated carbocycles. The van der Waals surface area contributed by atoms with Crippen molar-refractivity contribution in [1.82, 2.24) is 0 Å². The van der Waals surface area contributed by atoms with E-state index >= 15 is 0 Å². The molecule has 0 heterocycles. The third-order valence-corrected chi connectivity index (χ3v) is 3.63. The average Bonchev–Trinajstić information content (AvgIpc) is 2.26. The van der Waals surface area contributed by atoms with Crippen LogP contribution in [0.1, 0.15) is 19.3 Å². The fourth-order valence-corrected chi connectivity index (χ4v) is 2.29. The van der Waals surface area contributed by atoms with Gasteiger partial charge in [-0.3, -0.25) is 0 Å². The maximum Gasteiger partial charge on any atom is 0.209 e. The van der Waals surface area contributed by atoms with Crippen molar-refractivity contribution < 1.29 is 13.2 Å². The van der Waals surface area contributed by atoms with Crippen molar-refractivity contribution in [2.24, 2.45) is 5.14 Å². The molecule has 0 aliphatic rings. The van der Waals surface area contributed by atoms with Crippen LogP contribution in [-0.2, 0) is 10.0 Å². The van der Waals surface area contributed by atoms with Gasteiger partial charge in [0.05, 0.1) is 17.4 Å². The summed E-state index contributed by atoms with van der Waals surface area (Å²) in [6.45, 7) is 0.463. The third-order valence-electron chi connectivity index (χ3n) is 2.22. The Hall–Kier alpha value is -0.490. The molecule has 0 saturated heterocycles. The topological polar surface area (TPSA) is 69.4 Å². The molecule has 1 aromatic carbocycles. The van der Waals surface area contributed by atoms with Crippen molar-refractivity contribution in [3.63, 3.8) is 0 Å². The van der Waals surface area contributed by atoms with E-state index in [-0.39, 0.29) is 5.75 Å². The summed E-state index contributed by atoms with van der Waals surface area (Å²) in [5.41, 5.74) is 0. The standard InChI is InChI=1S/C11H15Cl2NO3S/c12-9-4-5-10(13)11(8-9)17-6-2-1-3-7-18(14,15)16/h4-5,8H,1-3,6-7H2,(H2,14,15,16). The van der Waals surface area contributed by atoms with Crippen LogP contribution in [0.2, 0.25) is 10.0 Å². The minimum absolute atomic E-state index is 0.00488. The molecule has 0 aliphatic heterocycles. The normalized spacial score (nSPS) is 11.5. The lowest BCUT2D eigenvalue weighted by Crippen LogP contribution is -2.16. The predicted molar refractivity (Wildman–Crippen MR) is 73.8 cm³/mol. The Labute approximate surface area is 117 Å². The Bertz CT molecular complexity index is 491. The van der Waals surface area contributed by atoms with Crippen LogP contribution in [0.4, 0.5) is 0 Å². The summed E-state index contributed by atoms with van der Waals surface area (Å²) in [7, 11) is -3.36. The molecule has 18 heavy (non-hydrogen) atoms. The zero-order valence-electron chi connectivity index (χ0n) is 9.73. The van der Waals surface area contributed by atoms with E-state index < -0.39 is 10.0 Å². The van der Waals surface area contributed by atoms with E-state index in [1.807, 2.05) is 0 Å². The van der Waals surface area contributed by atoms with Gasteiger partial charge in [-0.15, -0.1) is 0 Å². The molecule has 0 bridgehead atoms. The van der Waals surface area contributed by atoms with Crippen molar-refractivity contribution in [1.29, 1.82) is 0 Å². The molecular formula is C11H15Cl2NO3S. The first-order valence-corrected chi connectivity index (χ1v) is 7.94. The second-order valence-electron chi connectivity index (χ2n) is 3.85. The molecule has 0 spiro atoms. The maximum atomic E-state index is 10.7. The third kappa shape index (κ3) is 6.44. The van der Waals surface area contributed by atoms with Crippen LogP contribution in [0, 0.1) is 0 Å². The molecule has 0 atom stereocenters. The minimum Gasteiger partial charge on any atom is -0.492 e. The van der Waals surface area contributed by atoms with Gasteiger partial charge in [0.15, 0.2) is 0 Å². The second-order valence-corrected chi connectivity index (χ2v) is 6.43. The fraction of sp³-hybridized carbons (Fsp3) is 0.455. The van der Waals surface area contributed by atoms with Crippen molar-refractivity contribution in [3.05, 3.63) is 28.2 Å². The van der Waals surface area contributed by atoms with Gasteiger partial charge in [-0.05, 0) is 31.4 Å². The van der Waals surface area contributed by atoms with Gasteiger partial charge in [-0.2, -0.15) is 0 Å². The molecule has 1 rings (SSSR count). The Kier molecular flexibility index (Phi) is 6.21. The van der Waals surface area contributed by atoms with Crippen molar-refractivity contribution in [3.8, 4) is 5.75 Å². The summed E-state index contributed by atoms with van der Waals surface area (Å²) in [5, 5.41) is 5.95. The van der Waals surface area contributed by atoms with Gasteiger partial charge in [0, 0.05) is 11.1 Å². The van der Waals surface area contributed by atoms with Crippen LogP contribution in [-0.4, -0.2) is 20.8 Å². The first kappa shape index (κ1) is 15.6. The van der Waals surface area contributed by atoms with Gasteiger partial charge < -0.3 is 4.74 Å². The monoisotopic (exact) mass is 311 g/mol. The number of sulfonamides is 1. The lowest BCUT2D eigenvalue weighted by Gasteiger charge is -2.08. The van der Waals surface area contributed by atoms with Gasteiger partial charge in [0.2, 0.25) is 10.0 Å². The summed E-state index contributed by atoms with van der Waals surface area (Å²) in [6.07, 6.45) is 2.00. The molecule has 0 amide bonds. The van der Waals surface area contributed by atoms with Crippen LogP contribution in [0.3, 0.4) is 0 Å². The molecule has 7 heteroatoms. The van der Waals surface area contributed by atoms with Crippen molar-refractivity contribution >= 4 is 33.2 Å². The number of rotatable bonds is 7. The Morgan fingerprint density at radius 1 is 1.17 bits per heavy atom. The molecule has 1 aromatic rings. The van der Waals surface area contributed by atoms with E-state index in [2.05, 4.69) is 0 Å². The minimum atomic E-state index is -3.36. The number of primary sulfonamides is 1. The summed E-state index contributed by atoms with van der Waals surface area (Å²) in [4.78, 5) is 0. The molecular weight excluding hydrogens is 297 g/mol. The van der Waals surface area contributed by atoms with E-state index in [0.717, 1.165) is 12.8 Å². The van der Waals surface area contributed by atoms with Crippen LogP contribution < -0.4 is 9.88 Å². The van der Waals surface area contributed by atoms with Crippen LogP contribution >= 0.6 is 23.2 Å². The zero-order chi connectivity index (χ0) is 13.6. The van der Waals surface area contributed by atoms with Gasteiger partial charge in [-0.1, -0.05) is 23.2 Å². The number of ether oxygens (including phenoxy) is 1. The molecule has 2 N–H and O–H groups in total. The van der Waals surface area contributed by atoms with Crippen LogP contribution in [0.5, 0.6) is 5.75 Å². The van der Waals surface area contributed by atoms with Crippen molar-refractivity contribution in [2.45, 2.75) is 19.3 Å². The highest BCUT2D eigenvalue weighted by Crippen LogP contribution is 2.27. The zero-order valence-corrected chi connectivity index (χ0v) is 12.1. The van der Waals surface area contributed by atoms with E-state index in [0.29, 0.717) is 28.8 Å². The second kappa shape index (κ2) is 7.19. The Morgan fingerprint density at radius 3 is 2.56 bits per heavy atom. The molecule has 4 nitrogen and oxygen atoms in total. The first-order valence-electron chi connectivity index (χ1n) is 5.47. The number of nitrogens with two attached hydrogens (primary N) is 1. The average molecular weight is 312 g/mol. The number of halogens is 2. The number of hydrogen-bond donors (Lipinski definition) is 1. The smallest absolute Gasteiger partial charge is 0.209 e. The van der Waals surface area contributed by atoms with E-state index in [1.165, 1.54) is 0 Å². The molecule has 0 aromatic heterocycles. The van der Waals surface area contributed by atoms with Crippen LogP contribution in [0.25, 0.3) is 0 Å². The van der Waals surface area contributed by atoms with Gasteiger partial charge >= 0.3 is 0 Å². The van der Waals surface area contributed by atoms with Gasteiger partial charge in [-0.25, -0.2) is 13.6 Å². The largest absolute Gasteiger partial charge is 0.492 e. The van der Waals surface area contributed by atoms with E-state index in [9.17, 15) is 8.42 Å². The molecule has 0 radical (unpaired) electrons. The maximum absolute atomic E-state index is 10.7. The molecule has 0 fully saturated rings.